The standard InChI is InChI=1S/C19H29N3O4/c1-15-19(26-18(24)22(15)16-5-3-2-4-6-16)7-9-20(10-8-19)17(23)21-11-13-25-14-12-21/h16H,1-14H2. The van der Waals surface area contributed by atoms with Crippen LogP contribution in [0.2, 0.25) is 0 Å². The van der Waals surface area contributed by atoms with Gasteiger partial charge in [0, 0.05) is 45.1 Å². The maximum atomic E-state index is 12.7. The molecule has 0 bridgehead atoms. The van der Waals surface area contributed by atoms with E-state index in [-0.39, 0.29) is 18.2 Å². The smallest absolute Gasteiger partial charge is 0.415 e. The van der Waals surface area contributed by atoms with Gasteiger partial charge in [-0.15, -0.1) is 0 Å². The number of urea groups is 1. The van der Waals surface area contributed by atoms with Crippen molar-refractivity contribution in [1.29, 1.82) is 0 Å². The number of hydrogen-bond donors (Lipinski definition) is 0. The minimum Gasteiger partial charge on any atom is -0.436 e. The predicted molar refractivity (Wildman–Crippen MR) is 95.7 cm³/mol. The van der Waals surface area contributed by atoms with Crippen LogP contribution in [0.25, 0.3) is 0 Å². The molecule has 0 aromatic rings. The molecule has 3 amide bonds. The molecule has 0 unspecified atom stereocenters. The summed E-state index contributed by atoms with van der Waals surface area (Å²) in [5.41, 5.74) is 0.198. The van der Waals surface area contributed by atoms with Gasteiger partial charge in [-0.05, 0) is 12.8 Å². The third-order valence-corrected chi connectivity index (χ3v) is 6.36. The van der Waals surface area contributed by atoms with E-state index in [4.69, 9.17) is 9.47 Å². The van der Waals surface area contributed by atoms with E-state index >= 15 is 0 Å². The van der Waals surface area contributed by atoms with E-state index < -0.39 is 5.60 Å². The van der Waals surface area contributed by atoms with E-state index in [1.807, 2.05) is 14.7 Å². The van der Waals surface area contributed by atoms with Gasteiger partial charge in [0.15, 0.2) is 5.60 Å². The summed E-state index contributed by atoms with van der Waals surface area (Å²) in [5.74, 6) is 0. The van der Waals surface area contributed by atoms with Gasteiger partial charge in [0.2, 0.25) is 0 Å². The van der Waals surface area contributed by atoms with Gasteiger partial charge < -0.3 is 19.3 Å². The number of rotatable bonds is 1. The molecule has 0 N–H and O–H groups in total. The first-order valence-corrected chi connectivity index (χ1v) is 9.94. The number of ether oxygens (including phenoxy) is 2. The molecule has 0 atom stereocenters. The van der Waals surface area contributed by atoms with Crippen molar-refractivity contribution in [3.63, 3.8) is 0 Å². The van der Waals surface area contributed by atoms with Gasteiger partial charge in [-0.25, -0.2) is 9.59 Å². The van der Waals surface area contributed by atoms with Crippen molar-refractivity contribution < 1.29 is 19.1 Å². The Kier molecular flexibility index (Phi) is 4.82. The number of likely N-dealkylation sites (tertiary alicyclic amines) is 1. The van der Waals surface area contributed by atoms with Gasteiger partial charge in [-0.2, -0.15) is 0 Å². The molecule has 3 heterocycles. The van der Waals surface area contributed by atoms with Gasteiger partial charge >= 0.3 is 12.1 Å². The second-order valence-corrected chi connectivity index (χ2v) is 7.84. The first-order valence-electron chi connectivity index (χ1n) is 9.94. The lowest BCUT2D eigenvalue weighted by molar-refractivity contribution is 0.00941. The highest BCUT2D eigenvalue weighted by Crippen LogP contribution is 2.43. The molecule has 0 aromatic carbocycles. The largest absolute Gasteiger partial charge is 0.436 e. The monoisotopic (exact) mass is 363 g/mol. The second-order valence-electron chi connectivity index (χ2n) is 7.84. The molecule has 1 saturated carbocycles. The van der Waals surface area contributed by atoms with Crippen LogP contribution in [0, 0.1) is 0 Å². The third-order valence-electron chi connectivity index (χ3n) is 6.36. The van der Waals surface area contributed by atoms with Crippen LogP contribution in [0.4, 0.5) is 9.59 Å². The zero-order chi connectivity index (χ0) is 18.1. The quantitative estimate of drug-likeness (QED) is 0.718. The van der Waals surface area contributed by atoms with E-state index in [9.17, 15) is 9.59 Å². The van der Waals surface area contributed by atoms with Crippen molar-refractivity contribution in [3.05, 3.63) is 12.3 Å². The van der Waals surface area contributed by atoms with E-state index in [0.29, 0.717) is 52.2 Å². The lowest BCUT2D eigenvalue weighted by Crippen LogP contribution is -2.53. The molecular weight excluding hydrogens is 334 g/mol. The summed E-state index contributed by atoms with van der Waals surface area (Å²) in [6, 6.07) is 0.304. The molecule has 3 aliphatic heterocycles. The SMILES string of the molecule is C=C1N(C2CCCCC2)C(=O)OC12CCN(C(=O)N1CCOCC1)CC2. The second kappa shape index (κ2) is 7.10. The van der Waals surface area contributed by atoms with Crippen LogP contribution >= 0.6 is 0 Å². The summed E-state index contributed by atoms with van der Waals surface area (Å²) in [7, 11) is 0. The highest BCUT2D eigenvalue weighted by atomic mass is 16.6. The van der Waals surface area contributed by atoms with E-state index in [0.717, 1.165) is 31.4 Å². The Morgan fingerprint density at radius 1 is 1.00 bits per heavy atom. The Morgan fingerprint density at radius 2 is 1.62 bits per heavy atom. The van der Waals surface area contributed by atoms with Gasteiger partial charge in [0.05, 0.1) is 18.9 Å². The molecule has 0 aromatic heterocycles. The fraction of sp³-hybridized carbons (Fsp3) is 0.789. The number of amides is 3. The van der Waals surface area contributed by atoms with Gasteiger partial charge in [0.1, 0.15) is 0 Å². The van der Waals surface area contributed by atoms with Gasteiger partial charge in [-0.1, -0.05) is 25.8 Å². The van der Waals surface area contributed by atoms with Crippen molar-refractivity contribution in [1.82, 2.24) is 14.7 Å². The first-order chi connectivity index (χ1) is 12.6. The molecule has 1 aliphatic carbocycles. The van der Waals surface area contributed by atoms with E-state index in [1.54, 1.807) is 0 Å². The van der Waals surface area contributed by atoms with Crippen molar-refractivity contribution in [3.8, 4) is 0 Å². The highest BCUT2D eigenvalue weighted by Gasteiger charge is 2.52. The topological polar surface area (TPSA) is 62.3 Å². The number of hydrogen-bond acceptors (Lipinski definition) is 4. The van der Waals surface area contributed by atoms with Crippen LogP contribution in [0.1, 0.15) is 44.9 Å². The summed E-state index contributed by atoms with van der Waals surface area (Å²) in [6.45, 7) is 7.96. The van der Waals surface area contributed by atoms with Crippen LogP contribution in [0.5, 0.6) is 0 Å². The van der Waals surface area contributed by atoms with Crippen molar-refractivity contribution >= 4 is 12.1 Å². The molecule has 144 valence electrons. The Morgan fingerprint density at radius 3 is 2.27 bits per heavy atom. The Hall–Kier alpha value is -1.76. The van der Waals surface area contributed by atoms with Crippen molar-refractivity contribution in [2.24, 2.45) is 0 Å². The summed E-state index contributed by atoms with van der Waals surface area (Å²) >= 11 is 0. The lowest BCUT2D eigenvalue weighted by atomic mass is 9.87. The minimum atomic E-state index is -0.615. The summed E-state index contributed by atoms with van der Waals surface area (Å²) in [5, 5.41) is 0. The number of nitrogens with zero attached hydrogens (tertiary/aromatic N) is 3. The molecule has 7 heteroatoms. The molecule has 7 nitrogen and oxygen atoms in total. The summed E-state index contributed by atoms with van der Waals surface area (Å²) in [4.78, 5) is 30.8. The molecule has 1 spiro atoms. The van der Waals surface area contributed by atoms with E-state index in [1.165, 1.54) is 6.42 Å². The zero-order valence-electron chi connectivity index (χ0n) is 15.5. The Bertz CT molecular complexity index is 573. The number of carbonyl (C=O) groups is 2. The van der Waals surface area contributed by atoms with Crippen molar-refractivity contribution in [2.75, 3.05) is 39.4 Å². The highest BCUT2D eigenvalue weighted by molar-refractivity contribution is 5.77. The maximum absolute atomic E-state index is 12.7. The van der Waals surface area contributed by atoms with Crippen LogP contribution in [0.3, 0.4) is 0 Å². The fourth-order valence-electron chi connectivity index (χ4n) is 4.72. The summed E-state index contributed by atoms with van der Waals surface area (Å²) in [6.07, 6.45) is 6.67. The minimum absolute atomic E-state index is 0.0715. The normalized spacial score (nSPS) is 27.2. The molecule has 4 rings (SSSR count). The Balaban J connectivity index is 1.39. The van der Waals surface area contributed by atoms with Crippen molar-refractivity contribution in [2.45, 2.75) is 56.6 Å². The van der Waals surface area contributed by atoms with Gasteiger partial charge in [-0.3, -0.25) is 4.90 Å². The average Bonchev–Trinajstić information content (AvgIpc) is 2.93. The Labute approximate surface area is 154 Å². The van der Waals surface area contributed by atoms with Crippen LogP contribution < -0.4 is 0 Å². The third kappa shape index (κ3) is 3.06. The van der Waals surface area contributed by atoms with Crippen LogP contribution in [-0.2, 0) is 9.47 Å². The summed E-state index contributed by atoms with van der Waals surface area (Å²) < 4.78 is 11.2. The fourth-order valence-corrected chi connectivity index (χ4v) is 4.72. The van der Waals surface area contributed by atoms with Crippen LogP contribution in [0.15, 0.2) is 12.3 Å². The van der Waals surface area contributed by atoms with E-state index in [2.05, 4.69) is 6.58 Å². The van der Waals surface area contributed by atoms with Crippen LogP contribution in [-0.4, -0.2) is 77.9 Å². The average molecular weight is 363 g/mol. The molecular formula is C19H29N3O4. The molecule has 0 radical (unpaired) electrons. The first kappa shape index (κ1) is 17.6. The number of piperidine rings is 1. The molecule has 4 aliphatic rings. The predicted octanol–water partition coefficient (Wildman–Crippen LogP) is 2.57. The zero-order valence-corrected chi connectivity index (χ0v) is 15.5. The molecule has 26 heavy (non-hydrogen) atoms. The number of carbonyl (C=O) groups excluding carboxylic acids is 2. The lowest BCUT2D eigenvalue weighted by Gasteiger charge is -2.41. The molecule has 4 fully saturated rings. The maximum Gasteiger partial charge on any atom is 0.415 e. The molecule has 3 saturated heterocycles. The van der Waals surface area contributed by atoms with Gasteiger partial charge in [0.25, 0.3) is 0 Å². The number of morpholine rings is 1.